The van der Waals surface area contributed by atoms with E-state index in [0.29, 0.717) is 6.42 Å². The predicted molar refractivity (Wildman–Crippen MR) is 66.5 cm³/mol. The zero-order valence-corrected chi connectivity index (χ0v) is 10.6. The van der Waals surface area contributed by atoms with Crippen LogP contribution in [0, 0.1) is 5.82 Å². The lowest BCUT2D eigenvalue weighted by molar-refractivity contribution is 0.566. The van der Waals surface area contributed by atoms with Gasteiger partial charge in [-0.05, 0) is 40.9 Å². The molecule has 0 spiro atoms. The van der Waals surface area contributed by atoms with Gasteiger partial charge in [-0.3, -0.25) is 0 Å². The summed E-state index contributed by atoms with van der Waals surface area (Å²) < 4.78 is 37.2. The number of benzene rings is 1. The smallest absolute Gasteiger partial charge is 0.181 e. The molecule has 1 aromatic heterocycles. The van der Waals surface area contributed by atoms with Gasteiger partial charge in [-0.2, -0.15) is 11.3 Å². The van der Waals surface area contributed by atoms with Crippen LogP contribution in [0.15, 0.2) is 46.0 Å². The van der Waals surface area contributed by atoms with E-state index in [1.807, 2.05) is 16.8 Å². The largest absolute Gasteiger partial charge is 0.224 e. The molecule has 90 valence electrons. The lowest BCUT2D eigenvalue weighted by Gasteiger charge is -2.04. The molecule has 0 saturated carbocycles. The lowest BCUT2D eigenvalue weighted by Crippen LogP contribution is -2.10. The van der Waals surface area contributed by atoms with Gasteiger partial charge in [0.15, 0.2) is 9.84 Å². The summed E-state index contributed by atoms with van der Waals surface area (Å²) in [4.78, 5) is -0.213. The summed E-state index contributed by atoms with van der Waals surface area (Å²) in [5, 5.41) is 3.79. The van der Waals surface area contributed by atoms with Gasteiger partial charge in [0.2, 0.25) is 0 Å². The second-order valence-corrected chi connectivity index (χ2v) is 6.49. The highest BCUT2D eigenvalue weighted by molar-refractivity contribution is 7.91. The van der Waals surface area contributed by atoms with E-state index in [4.69, 9.17) is 0 Å². The first-order chi connectivity index (χ1) is 8.09. The molecular weight excluding hydrogens is 259 g/mol. The Morgan fingerprint density at radius 2 is 1.94 bits per heavy atom. The van der Waals surface area contributed by atoms with Gasteiger partial charge < -0.3 is 0 Å². The van der Waals surface area contributed by atoms with Crippen molar-refractivity contribution in [2.75, 3.05) is 5.75 Å². The SMILES string of the molecule is O=S(=O)(CCc1ccsc1)c1ccccc1F. The van der Waals surface area contributed by atoms with Gasteiger partial charge in [0.1, 0.15) is 10.7 Å². The van der Waals surface area contributed by atoms with E-state index in [2.05, 4.69) is 0 Å². The van der Waals surface area contributed by atoms with Crippen LogP contribution in [0.1, 0.15) is 5.56 Å². The second kappa shape index (κ2) is 4.98. The van der Waals surface area contributed by atoms with Crippen LogP contribution in [-0.2, 0) is 16.3 Å². The molecule has 0 atom stereocenters. The number of halogens is 1. The number of thiophene rings is 1. The maximum atomic E-state index is 13.4. The van der Waals surface area contributed by atoms with Gasteiger partial charge in [0, 0.05) is 0 Å². The number of hydrogen-bond acceptors (Lipinski definition) is 3. The highest BCUT2D eigenvalue weighted by Crippen LogP contribution is 2.17. The van der Waals surface area contributed by atoms with E-state index >= 15 is 0 Å². The van der Waals surface area contributed by atoms with Crippen molar-refractivity contribution >= 4 is 21.2 Å². The van der Waals surface area contributed by atoms with Gasteiger partial charge in [-0.25, -0.2) is 12.8 Å². The summed E-state index contributed by atoms with van der Waals surface area (Å²) in [5.41, 5.74) is 0.968. The number of aryl methyl sites for hydroxylation is 1. The third kappa shape index (κ3) is 2.92. The Labute approximate surface area is 104 Å². The monoisotopic (exact) mass is 270 g/mol. The number of sulfone groups is 1. The number of rotatable bonds is 4. The molecule has 0 amide bonds. The molecule has 0 fully saturated rings. The summed E-state index contributed by atoms with van der Waals surface area (Å²) in [6, 6.07) is 7.35. The molecule has 0 N–H and O–H groups in total. The summed E-state index contributed by atoms with van der Waals surface area (Å²) in [5.74, 6) is -0.747. The average Bonchev–Trinajstić information content (AvgIpc) is 2.80. The maximum absolute atomic E-state index is 13.4. The Morgan fingerprint density at radius 3 is 2.59 bits per heavy atom. The lowest BCUT2D eigenvalue weighted by atomic mass is 10.3. The minimum absolute atomic E-state index is 0.0648. The highest BCUT2D eigenvalue weighted by Gasteiger charge is 2.18. The Morgan fingerprint density at radius 1 is 1.18 bits per heavy atom. The molecule has 0 saturated heterocycles. The van der Waals surface area contributed by atoms with Gasteiger partial charge in [0.25, 0.3) is 0 Å². The normalized spacial score (nSPS) is 11.6. The molecule has 17 heavy (non-hydrogen) atoms. The van der Waals surface area contributed by atoms with E-state index in [1.54, 1.807) is 0 Å². The van der Waals surface area contributed by atoms with Crippen LogP contribution in [0.25, 0.3) is 0 Å². The Balaban J connectivity index is 2.17. The minimum atomic E-state index is -3.54. The molecule has 0 bridgehead atoms. The molecule has 1 heterocycles. The van der Waals surface area contributed by atoms with Crippen LogP contribution >= 0.6 is 11.3 Å². The molecule has 2 rings (SSSR count). The van der Waals surface area contributed by atoms with Crippen molar-refractivity contribution in [2.24, 2.45) is 0 Å². The fourth-order valence-electron chi connectivity index (χ4n) is 1.49. The molecule has 0 radical (unpaired) electrons. The molecular formula is C12H11FO2S2. The molecule has 2 aromatic rings. The summed E-state index contributed by atoms with van der Waals surface area (Å²) in [6.45, 7) is 0. The highest BCUT2D eigenvalue weighted by atomic mass is 32.2. The standard InChI is InChI=1S/C12H11FO2S2/c13-11-3-1-2-4-12(11)17(14,15)8-6-10-5-7-16-9-10/h1-5,7,9H,6,8H2. The third-order valence-electron chi connectivity index (χ3n) is 2.41. The Hall–Kier alpha value is -1.20. The fourth-order valence-corrected chi connectivity index (χ4v) is 3.57. The minimum Gasteiger partial charge on any atom is -0.224 e. The van der Waals surface area contributed by atoms with Crippen LogP contribution in [0.3, 0.4) is 0 Å². The van der Waals surface area contributed by atoms with Crippen LogP contribution in [0.2, 0.25) is 0 Å². The fraction of sp³-hybridized carbons (Fsp3) is 0.167. The molecule has 0 aliphatic rings. The molecule has 0 aliphatic carbocycles. The molecule has 5 heteroatoms. The topological polar surface area (TPSA) is 34.1 Å². The van der Waals surface area contributed by atoms with Crippen LogP contribution in [0.5, 0.6) is 0 Å². The molecule has 0 unspecified atom stereocenters. The van der Waals surface area contributed by atoms with E-state index in [9.17, 15) is 12.8 Å². The molecule has 2 nitrogen and oxygen atoms in total. The van der Waals surface area contributed by atoms with Crippen molar-refractivity contribution < 1.29 is 12.8 Å². The first-order valence-electron chi connectivity index (χ1n) is 5.08. The Kier molecular flexibility index (Phi) is 3.59. The summed E-state index contributed by atoms with van der Waals surface area (Å²) in [6.07, 6.45) is 0.417. The van der Waals surface area contributed by atoms with Crippen LogP contribution in [-0.4, -0.2) is 14.2 Å². The van der Waals surface area contributed by atoms with Crippen LogP contribution in [0.4, 0.5) is 4.39 Å². The van der Waals surface area contributed by atoms with Crippen molar-refractivity contribution in [1.82, 2.24) is 0 Å². The van der Waals surface area contributed by atoms with E-state index in [0.717, 1.165) is 11.6 Å². The molecule has 1 aromatic carbocycles. The third-order valence-corrected chi connectivity index (χ3v) is 4.89. The van der Waals surface area contributed by atoms with Gasteiger partial charge in [-0.15, -0.1) is 0 Å². The van der Waals surface area contributed by atoms with Crippen molar-refractivity contribution in [3.05, 3.63) is 52.5 Å². The maximum Gasteiger partial charge on any atom is 0.181 e. The number of hydrogen-bond donors (Lipinski definition) is 0. The summed E-state index contributed by atoms with van der Waals surface area (Å²) >= 11 is 1.52. The van der Waals surface area contributed by atoms with E-state index in [-0.39, 0.29) is 10.6 Å². The Bertz CT molecular complexity index is 589. The van der Waals surface area contributed by atoms with Crippen LogP contribution < -0.4 is 0 Å². The second-order valence-electron chi connectivity index (χ2n) is 3.63. The van der Waals surface area contributed by atoms with Crippen molar-refractivity contribution in [3.63, 3.8) is 0 Å². The van der Waals surface area contributed by atoms with Gasteiger partial charge in [0.05, 0.1) is 5.75 Å². The predicted octanol–water partition coefficient (Wildman–Crippen LogP) is 2.90. The first kappa shape index (κ1) is 12.3. The van der Waals surface area contributed by atoms with Gasteiger partial charge in [-0.1, -0.05) is 12.1 Å². The van der Waals surface area contributed by atoms with Crippen molar-refractivity contribution in [1.29, 1.82) is 0 Å². The zero-order valence-electron chi connectivity index (χ0n) is 8.97. The van der Waals surface area contributed by atoms with Crippen molar-refractivity contribution in [3.8, 4) is 0 Å². The first-order valence-corrected chi connectivity index (χ1v) is 7.67. The van der Waals surface area contributed by atoms with E-state index < -0.39 is 15.7 Å². The zero-order chi connectivity index (χ0) is 12.3. The average molecular weight is 270 g/mol. The van der Waals surface area contributed by atoms with Gasteiger partial charge >= 0.3 is 0 Å². The van der Waals surface area contributed by atoms with E-state index in [1.165, 1.54) is 29.5 Å². The molecule has 0 aliphatic heterocycles. The quantitative estimate of drug-likeness (QED) is 0.856. The van der Waals surface area contributed by atoms with Crippen molar-refractivity contribution in [2.45, 2.75) is 11.3 Å². The summed E-state index contributed by atoms with van der Waals surface area (Å²) in [7, 11) is -3.54.